The average molecular weight is 399 g/mol. The van der Waals surface area contributed by atoms with Gasteiger partial charge in [-0.25, -0.2) is 4.39 Å². The molecule has 0 spiro atoms. The molecule has 1 aliphatic heterocycles. The Morgan fingerprint density at radius 3 is 2.75 bits per heavy atom. The molecule has 1 fully saturated rings. The highest BCUT2D eigenvalue weighted by atomic mass is 32.2. The van der Waals surface area contributed by atoms with Crippen LogP contribution in [-0.4, -0.2) is 18.4 Å². The van der Waals surface area contributed by atoms with Crippen molar-refractivity contribution >= 4 is 29.3 Å². The summed E-state index contributed by atoms with van der Waals surface area (Å²) < 4.78 is 13.6. The van der Waals surface area contributed by atoms with Gasteiger partial charge in [-0.3, -0.25) is 9.59 Å². The van der Waals surface area contributed by atoms with Gasteiger partial charge in [-0.1, -0.05) is 43.9 Å². The van der Waals surface area contributed by atoms with E-state index < -0.39 is 0 Å². The van der Waals surface area contributed by atoms with Gasteiger partial charge >= 0.3 is 0 Å². The number of hydrogen-bond acceptors (Lipinski definition) is 3. The summed E-state index contributed by atoms with van der Waals surface area (Å²) in [6.07, 6.45) is 7.47. The Labute approximate surface area is 168 Å². The Bertz CT molecular complexity index is 909. The van der Waals surface area contributed by atoms with E-state index in [1.165, 1.54) is 62.1 Å². The van der Waals surface area contributed by atoms with Gasteiger partial charge in [0, 0.05) is 21.9 Å². The van der Waals surface area contributed by atoms with E-state index in [0.29, 0.717) is 28.3 Å². The molecule has 0 atom stereocenters. The van der Waals surface area contributed by atoms with Crippen LogP contribution >= 0.6 is 11.8 Å². The quantitative estimate of drug-likeness (QED) is 0.740. The van der Waals surface area contributed by atoms with Gasteiger partial charge in [0.15, 0.2) is 0 Å². The summed E-state index contributed by atoms with van der Waals surface area (Å²) in [5, 5.41) is 5.84. The lowest BCUT2D eigenvalue weighted by Crippen LogP contribution is -2.26. The first-order valence-corrected chi connectivity index (χ1v) is 10.6. The highest BCUT2D eigenvalue weighted by Crippen LogP contribution is 2.39. The predicted octanol–water partition coefficient (Wildman–Crippen LogP) is 5.24. The third kappa shape index (κ3) is 4.22. The van der Waals surface area contributed by atoms with Crippen molar-refractivity contribution in [2.24, 2.45) is 5.92 Å². The Morgan fingerprint density at radius 1 is 1.11 bits per heavy atom. The fourth-order valence-corrected chi connectivity index (χ4v) is 4.94. The fourth-order valence-electron chi connectivity index (χ4n) is 3.90. The van der Waals surface area contributed by atoms with Crippen LogP contribution in [0.4, 0.5) is 10.1 Å². The van der Waals surface area contributed by atoms with Crippen molar-refractivity contribution in [3.05, 3.63) is 53.3 Å². The molecule has 0 aromatic heterocycles. The van der Waals surface area contributed by atoms with Gasteiger partial charge in [0.2, 0.25) is 0 Å². The van der Waals surface area contributed by atoms with Gasteiger partial charge in [-0.15, -0.1) is 0 Å². The summed E-state index contributed by atoms with van der Waals surface area (Å²) in [6, 6.07) is 9.37. The number of hydrogen-bond donors (Lipinski definition) is 2. The lowest BCUT2D eigenvalue weighted by molar-refractivity contribution is 0.0948. The molecule has 0 saturated heterocycles. The maximum atomic E-state index is 13.6. The first-order valence-electron chi connectivity index (χ1n) is 9.81. The second kappa shape index (κ2) is 8.35. The number of rotatable bonds is 4. The highest BCUT2D eigenvalue weighted by molar-refractivity contribution is 7.99. The third-order valence-electron chi connectivity index (χ3n) is 5.46. The minimum Gasteiger partial charge on any atom is -0.352 e. The molecule has 1 aliphatic carbocycles. The summed E-state index contributed by atoms with van der Waals surface area (Å²) in [4.78, 5) is 26.3. The minimum absolute atomic E-state index is 0.134. The molecule has 2 N–H and O–H groups in total. The standard InChI is InChI=1S/C22H23FN2O2S/c23-16-7-8-17-20(13-16)28-19-9-6-15(12-18(19)25-22(17)27)21(26)24-11-10-14-4-2-1-3-5-14/h6-9,12-14H,1-5,10-11H2,(H,24,26)(H,25,27). The monoisotopic (exact) mass is 398 g/mol. The first-order chi connectivity index (χ1) is 13.6. The van der Waals surface area contributed by atoms with Crippen LogP contribution < -0.4 is 10.6 Å². The lowest BCUT2D eigenvalue weighted by atomic mass is 9.87. The molecule has 146 valence electrons. The Hall–Kier alpha value is -2.34. The zero-order valence-corrected chi connectivity index (χ0v) is 16.4. The number of halogens is 1. The van der Waals surface area contributed by atoms with E-state index in [0.717, 1.165) is 17.2 Å². The average Bonchev–Trinajstić information content (AvgIpc) is 2.83. The Morgan fingerprint density at radius 2 is 1.93 bits per heavy atom. The van der Waals surface area contributed by atoms with Crippen LogP contribution in [0.1, 0.15) is 59.2 Å². The third-order valence-corrected chi connectivity index (χ3v) is 6.59. The molecule has 0 bridgehead atoms. The van der Waals surface area contributed by atoms with Crippen LogP contribution in [0.3, 0.4) is 0 Å². The molecule has 2 amide bonds. The lowest BCUT2D eigenvalue weighted by Gasteiger charge is -2.21. The Balaban J connectivity index is 1.44. The smallest absolute Gasteiger partial charge is 0.256 e. The number of amides is 2. The van der Waals surface area contributed by atoms with Crippen molar-refractivity contribution in [3.8, 4) is 0 Å². The van der Waals surface area contributed by atoms with Crippen LogP contribution in [-0.2, 0) is 0 Å². The molecular weight excluding hydrogens is 375 g/mol. The van der Waals surface area contributed by atoms with Crippen LogP contribution in [0.25, 0.3) is 0 Å². The van der Waals surface area contributed by atoms with Crippen molar-refractivity contribution in [2.45, 2.75) is 48.3 Å². The zero-order chi connectivity index (χ0) is 19.5. The molecule has 1 heterocycles. The number of benzene rings is 2. The predicted molar refractivity (Wildman–Crippen MR) is 108 cm³/mol. The molecule has 1 saturated carbocycles. The first kappa shape index (κ1) is 19.0. The molecule has 4 nitrogen and oxygen atoms in total. The number of fused-ring (bicyclic) bond motifs is 2. The summed E-state index contributed by atoms with van der Waals surface area (Å²) in [7, 11) is 0. The molecule has 0 radical (unpaired) electrons. The van der Waals surface area contributed by atoms with Gasteiger partial charge in [0.1, 0.15) is 5.82 Å². The normalized spacial score (nSPS) is 16.5. The van der Waals surface area contributed by atoms with Crippen LogP contribution in [0.5, 0.6) is 0 Å². The largest absolute Gasteiger partial charge is 0.352 e. The van der Waals surface area contributed by atoms with Gasteiger partial charge in [0.05, 0.1) is 11.3 Å². The van der Waals surface area contributed by atoms with E-state index in [-0.39, 0.29) is 17.6 Å². The van der Waals surface area contributed by atoms with E-state index in [4.69, 9.17) is 0 Å². The molecule has 4 rings (SSSR count). The van der Waals surface area contributed by atoms with E-state index >= 15 is 0 Å². The van der Waals surface area contributed by atoms with Crippen molar-refractivity contribution in [1.82, 2.24) is 5.32 Å². The number of nitrogens with one attached hydrogen (secondary N) is 2. The summed E-state index contributed by atoms with van der Waals surface area (Å²) in [6.45, 7) is 0.673. The Kier molecular flexibility index (Phi) is 5.67. The molecule has 28 heavy (non-hydrogen) atoms. The molecule has 2 aromatic carbocycles. The SMILES string of the molecule is O=C(NCCC1CCCCC1)c1ccc2c(c1)NC(=O)c1ccc(F)cc1S2. The molecule has 2 aromatic rings. The van der Waals surface area contributed by atoms with Crippen LogP contribution in [0.15, 0.2) is 46.2 Å². The maximum absolute atomic E-state index is 13.6. The second-order valence-corrected chi connectivity index (χ2v) is 8.54. The minimum atomic E-state index is -0.378. The highest BCUT2D eigenvalue weighted by Gasteiger charge is 2.21. The van der Waals surface area contributed by atoms with E-state index in [1.54, 1.807) is 18.2 Å². The molecule has 2 aliphatic rings. The summed E-state index contributed by atoms with van der Waals surface area (Å²) >= 11 is 1.32. The number of anilines is 1. The van der Waals surface area contributed by atoms with Crippen LogP contribution in [0.2, 0.25) is 0 Å². The fraction of sp³-hybridized carbons (Fsp3) is 0.364. The van der Waals surface area contributed by atoms with Gasteiger partial charge in [-0.05, 0) is 48.7 Å². The molecule has 0 unspecified atom stereocenters. The van der Waals surface area contributed by atoms with Crippen molar-refractivity contribution in [1.29, 1.82) is 0 Å². The topological polar surface area (TPSA) is 58.2 Å². The second-order valence-electron chi connectivity index (χ2n) is 7.46. The van der Waals surface area contributed by atoms with Gasteiger partial charge < -0.3 is 10.6 Å². The van der Waals surface area contributed by atoms with E-state index in [9.17, 15) is 14.0 Å². The zero-order valence-electron chi connectivity index (χ0n) is 15.6. The van der Waals surface area contributed by atoms with Crippen molar-refractivity contribution in [3.63, 3.8) is 0 Å². The van der Waals surface area contributed by atoms with Crippen LogP contribution in [0, 0.1) is 11.7 Å². The van der Waals surface area contributed by atoms with E-state index in [1.807, 2.05) is 0 Å². The summed E-state index contributed by atoms with van der Waals surface area (Å²) in [5.74, 6) is -0.0890. The van der Waals surface area contributed by atoms with Crippen molar-refractivity contribution < 1.29 is 14.0 Å². The molecular formula is C22H23FN2O2S. The number of carbonyl (C=O) groups excluding carboxylic acids is 2. The van der Waals surface area contributed by atoms with Gasteiger partial charge in [0.25, 0.3) is 11.8 Å². The number of carbonyl (C=O) groups is 2. The van der Waals surface area contributed by atoms with Gasteiger partial charge in [-0.2, -0.15) is 0 Å². The van der Waals surface area contributed by atoms with Crippen molar-refractivity contribution in [2.75, 3.05) is 11.9 Å². The van der Waals surface area contributed by atoms with E-state index in [2.05, 4.69) is 10.6 Å². The molecule has 6 heteroatoms. The summed E-state index contributed by atoms with van der Waals surface area (Å²) in [5.41, 5.74) is 1.52. The maximum Gasteiger partial charge on any atom is 0.256 e.